The van der Waals surface area contributed by atoms with Crippen molar-refractivity contribution in [2.75, 3.05) is 4.90 Å². The number of benzene rings is 6. The van der Waals surface area contributed by atoms with Gasteiger partial charge in [0.1, 0.15) is 0 Å². The van der Waals surface area contributed by atoms with Gasteiger partial charge in [0.05, 0.1) is 22.5 Å². The van der Waals surface area contributed by atoms with Crippen LogP contribution in [0.1, 0.15) is 29.5 Å². The van der Waals surface area contributed by atoms with Crippen molar-refractivity contribution in [1.29, 1.82) is 0 Å². The summed E-state index contributed by atoms with van der Waals surface area (Å²) in [5.74, 6) is 0. The molecule has 51 heavy (non-hydrogen) atoms. The molecule has 0 spiro atoms. The second-order valence-corrected chi connectivity index (χ2v) is 14.6. The molecule has 0 saturated carbocycles. The first-order valence-corrected chi connectivity index (χ1v) is 18.5. The van der Waals surface area contributed by atoms with Gasteiger partial charge in [-0.1, -0.05) is 127 Å². The molecular formula is C48H34N2S. The van der Waals surface area contributed by atoms with E-state index < -0.39 is 5.41 Å². The molecule has 2 aliphatic heterocycles. The summed E-state index contributed by atoms with van der Waals surface area (Å²) in [6.07, 6.45) is 13.2. The number of aliphatic imine (C=N–C) groups is 1. The Labute approximate surface area is 302 Å². The number of thiophene rings is 1. The molecule has 242 valence electrons. The Hall–Kier alpha value is -6.03. The monoisotopic (exact) mass is 670 g/mol. The SMILES string of the molecule is C1=CCC2(C3=CCC(c4ccccc4)=CC(c4ccccc4)=N3)C(=C1)N(c1ccccc1)c1ccc(-c3ccc4sc5ccccc5c4c3)cc12. The van der Waals surface area contributed by atoms with Crippen LogP contribution in [0.25, 0.3) is 36.9 Å². The molecule has 0 bridgehead atoms. The summed E-state index contributed by atoms with van der Waals surface area (Å²) >= 11 is 1.87. The van der Waals surface area contributed by atoms with Gasteiger partial charge < -0.3 is 4.90 Å². The van der Waals surface area contributed by atoms with Crippen LogP contribution in [0.15, 0.2) is 198 Å². The van der Waals surface area contributed by atoms with Gasteiger partial charge in [-0.25, -0.2) is 0 Å². The minimum Gasteiger partial charge on any atom is -0.313 e. The quantitative estimate of drug-likeness (QED) is 0.178. The van der Waals surface area contributed by atoms with Crippen molar-refractivity contribution in [3.05, 3.63) is 210 Å². The molecule has 1 aromatic heterocycles. The van der Waals surface area contributed by atoms with E-state index in [0.29, 0.717) is 0 Å². The Kier molecular flexibility index (Phi) is 7.07. The lowest BCUT2D eigenvalue weighted by atomic mass is 9.71. The topological polar surface area (TPSA) is 15.6 Å². The van der Waals surface area contributed by atoms with Crippen molar-refractivity contribution >= 4 is 54.2 Å². The van der Waals surface area contributed by atoms with Crippen LogP contribution in [0.5, 0.6) is 0 Å². The highest BCUT2D eigenvalue weighted by molar-refractivity contribution is 7.25. The fourth-order valence-corrected chi connectivity index (χ4v) is 9.29. The predicted octanol–water partition coefficient (Wildman–Crippen LogP) is 12.8. The third-order valence-corrected chi connectivity index (χ3v) is 11.8. The second kappa shape index (κ2) is 12.1. The van der Waals surface area contributed by atoms with E-state index in [-0.39, 0.29) is 0 Å². The van der Waals surface area contributed by atoms with Gasteiger partial charge in [0.2, 0.25) is 0 Å². The summed E-state index contributed by atoms with van der Waals surface area (Å²) in [4.78, 5) is 8.14. The molecule has 3 aliphatic rings. The number of fused-ring (bicyclic) bond motifs is 6. The molecule has 3 heterocycles. The summed E-state index contributed by atoms with van der Waals surface area (Å²) in [7, 11) is 0. The van der Waals surface area contributed by atoms with Crippen LogP contribution in [0.2, 0.25) is 0 Å². The summed E-state index contributed by atoms with van der Waals surface area (Å²) in [5.41, 5.74) is 12.6. The molecule has 2 nitrogen and oxygen atoms in total. The van der Waals surface area contributed by atoms with Crippen molar-refractivity contribution in [3.63, 3.8) is 0 Å². The molecule has 7 aromatic rings. The number of hydrogen-bond acceptors (Lipinski definition) is 3. The molecule has 6 aromatic carbocycles. The fourth-order valence-electron chi connectivity index (χ4n) is 8.20. The van der Waals surface area contributed by atoms with Crippen molar-refractivity contribution < 1.29 is 0 Å². The number of hydrogen-bond donors (Lipinski definition) is 0. The maximum atomic E-state index is 5.68. The number of para-hydroxylation sites is 1. The highest BCUT2D eigenvalue weighted by atomic mass is 32.1. The summed E-state index contributed by atoms with van der Waals surface area (Å²) < 4.78 is 2.65. The average Bonchev–Trinajstić information content (AvgIpc) is 3.61. The van der Waals surface area contributed by atoms with E-state index in [0.717, 1.165) is 35.5 Å². The molecular weight excluding hydrogens is 637 g/mol. The van der Waals surface area contributed by atoms with Crippen LogP contribution in [0.4, 0.5) is 11.4 Å². The van der Waals surface area contributed by atoms with E-state index in [9.17, 15) is 0 Å². The lowest BCUT2D eigenvalue weighted by Gasteiger charge is -2.35. The maximum Gasteiger partial charge on any atom is 0.0831 e. The number of allylic oxidation sites excluding steroid dienone is 6. The normalized spacial score (nSPS) is 18.1. The number of rotatable bonds is 5. The second-order valence-electron chi connectivity index (χ2n) is 13.5. The molecule has 1 atom stereocenters. The zero-order valence-corrected chi connectivity index (χ0v) is 28.9. The molecule has 0 amide bonds. The maximum absolute atomic E-state index is 5.68. The van der Waals surface area contributed by atoms with Crippen LogP contribution in [0, 0.1) is 0 Å². The highest BCUT2D eigenvalue weighted by Crippen LogP contribution is 2.59. The number of nitrogens with zero attached hydrogens (tertiary/aromatic N) is 2. The molecule has 0 fully saturated rings. The zero-order valence-electron chi connectivity index (χ0n) is 28.0. The third kappa shape index (κ3) is 4.88. The van der Waals surface area contributed by atoms with Crippen LogP contribution in [-0.4, -0.2) is 5.71 Å². The standard InChI is InChI=1S/C48H34N2S/c1-4-14-33(15-5-1)37-25-28-46(49-42(32-37)34-16-6-2-7-17-34)48-29-13-12-22-47(48)50(38-18-8-3-9-19-38)43-26-23-36(31-41(43)48)35-24-27-45-40(30-35)39-20-10-11-21-44(39)51-45/h1-24,26-28,30-32H,25,29H2. The van der Waals surface area contributed by atoms with Crippen LogP contribution >= 0.6 is 11.3 Å². The Morgan fingerprint density at radius 1 is 0.608 bits per heavy atom. The van der Waals surface area contributed by atoms with E-state index in [2.05, 4.69) is 187 Å². The smallest absolute Gasteiger partial charge is 0.0831 e. The van der Waals surface area contributed by atoms with Crippen LogP contribution in [-0.2, 0) is 5.41 Å². The molecule has 10 rings (SSSR count). The Morgan fingerprint density at radius 3 is 2.12 bits per heavy atom. The van der Waals surface area contributed by atoms with Gasteiger partial charge in [-0.05, 0) is 95.3 Å². The summed E-state index contributed by atoms with van der Waals surface area (Å²) in [5, 5.41) is 2.64. The van der Waals surface area contributed by atoms with Gasteiger partial charge in [0.15, 0.2) is 0 Å². The fraction of sp³-hybridized carbons (Fsp3) is 0.0625. The number of anilines is 2. The van der Waals surface area contributed by atoms with Crippen LogP contribution < -0.4 is 4.90 Å². The molecule has 1 unspecified atom stereocenters. The summed E-state index contributed by atoms with van der Waals surface area (Å²) in [6.45, 7) is 0. The molecule has 0 radical (unpaired) electrons. The van der Waals surface area contributed by atoms with Gasteiger partial charge in [-0.15, -0.1) is 11.3 Å². The highest BCUT2D eigenvalue weighted by Gasteiger charge is 2.51. The van der Waals surface area contributed by atoms with E-state index in [1.165, 1.54) is 59.4 Å². The lowest BCUT2D eigenvalue weighted by molar-refractivity contribution is 0.600. The Morgan fingerprint density at radius 2 is 1.29 bits per heavy atom. The largest absolute Gasteiger partial charge is 0.313 e. The molecule has 0 saturated heterocycles. The summed E-state index contributed by atoms with van der Waals surface area (Å²) in [6, 6.07) is 55.0. The zero-order chi connectivity index (χ0) is 33.8. The van der Waals surface area contributed by atoms with Gasteiger partial charge in [0, 0.05) is 37.1 Å². The minimum absolute atomic E-state index is 0.477. The van der Waals surface area contributed by atoms with Gasteiger partial charge >= 0.3 is 0 Å². The van der Waals surface area contributed by atoms with Gasteiger partial charge in [-0.3, -0.25) is 4.99 Å². The molecule has 0 N–H and O–H groups in total. The minimum atomic E-state index is -0.477. The predicted molar refractivity (Wildman–Crippen MR) is 217 cm³/mol. The third-order valence-electron chi connectivity index (χ3n) is 10.6. The molecule has 3 heteroatoms. The van der Waals surface area contributed by atoms with Crippen LogP contribution in [0.3, 0.4) is 0 Å². The van der Waals surface area contributed by atoms with Crippen molar-refractivity contribution in [2.45, 2.75) is 18.3 Å². The molecule has 1 aliphatic carbocycles. The average molecular weight is 671 g/mol. The first-order chi connectivity index (χ1) is 25.3. The van der Waals surface area contributed by atoms with Crippen molar-refractivity contribution in [2.24, 2.45) is 4.99 Å². The van der Waals surface area contributed by atoms with E-state index >= 15 is 0 Å². The van der Waals surface area contributed by atoms with Crippen molar-refractivity contribution in [3.8, 4) is 11.1 Å². The Balaban J connectivity index is 1.20. The Bertz CT molecular complexity index is 2620. The van der Waals surface area contributed by atoms with E-state index in [1.54, 1.807) is 0 Å². The lowest BCUT2D eigenvalue weighted by Crippen LogP contribution is -2.32. The van der Waals surface area contributed by atoms with Crippen molar-refractivity contribution in [1.82, 2.24) is 0 Å². The first kappa shape index (κ1) is 29.8. The van der Waals surface area contributed by atoms with E-state index in [4.69, 9.17) is 4.99 Å². The van der Waals surface area contributed by atoms with E-state index in [1.807, 2.05) is 11.3 Å². The first-order valence-electron chi connectivity index (χ1n) is 17.7. The van der Waals surface area contributed by atoms with Gasteiger partial charge in [-0.2, -0.15) is 0 Å². The van der Waals surface area contributed by atoms with Gasteiger partial charge in [0.25, 0.3) is 0 Å².